The van der Waals surface area contributed by atoms with Gasteiger partial charge in [-0.25, -0.2) is 9.97 Å². The molecule has 25 heavy (non-hydrogen) atoms. The molecule has 0 N–H and O–H groups in total. The molecule has 0 spiro atoms. The van der Waals surface area contributed by atoms with E-state index in [4.69, 9.17) is 18.0 Å². The van der Waals surface area contributed by atoms with Crippen molar-refractivity contribution in [2.45, 2.75) is 32.6 Å². The Balaban J connectivity index is 2.01. The van der Waals surface area contributed by atoms with Gasteiger partial charge in [0.05, 0.1) is 5.02 Å². The van der Waals surface area contributed by atoms with E-state index >= 15 is 0 Å². The number of aryl methyl sites for hydroxylation is 2. The van der Waals surface area contributed by atoms with E-state index in [0.29, 0.717) is 17.3 Å². The highest BCUT2D eigenvalue weighted by molar-refractivity contribution is 6.30. The minimum atomic E-state index is -0.710. The van der Waals surface area contributed by atoms with Crippen LogP contribution in [-0.2, 0) is 9.59 Å². The molecule has 1 heterocycles. The van der Waals surface area contributed by atoms with Crippen LogP contribution in [0.2, 0.25) is 5.02 Å². The number of Topliss-reactive ketones (excluding diaryl/α,β-unsaturated/α-hetero) is 2. The van der Waals surface area contributed by atoms with Crippen molar-refractivity contribution in [3.05, 3.63) is 46.2 Å². The Hall–Kier alpha value is -2.51. The number of rotatable bonds is 3. The van der Waals surface area contributed by atoms with E-state index in [1.54, 1.807) is 0 Å². The minimum absolute atomic E-state index is 0.0491. The molecule has 1 aliphatic rings. The maximum atomic E-state index is 12.6. The number of nitrogens with zero attached hydrogens (tertiary/aromatic N) is 2. The van der Waals surface area contributed by atoms with Gasteiger partial charge >= 0.3 is 0 Å². The lowest BCUT2D eigenvalue weighted by atomic mass is 9.86. The van der Waals surface area contributed by atoms with Crippen molar-refractivity contribution in [1.29, 1.82) is 0 Å². The molecule has 3 rings (SSSR count). The standard InChI is InChI=1S/C20H17ClN2O2/c1-4-5-13-8-16(24)18(19(13)25)17-11(2)6-14(7-12(17)3)20-22-9-15(21)10-23-20/h1,6-7,9-10,13,18H,5,8H2,2-3H3. The average molecular weight is 353 g/mol. The van der Waals surface area contributed by atoms with Crippen molar-refractivity contribution >= 4 is 23.2 Å². The SMILES string of the molecule is C#CCC1CC(=O)C(c2c(C)cc(-c3ncc(Cl)cn3)cc2C)C1=O. The summed E-state index contributed by atoms with van der Waals surface area (Å²) >= 11 is 5.83. The molecule has 0 saturated heterocycles. The number of benzene rings is 1. The summed E-state index contributed by atoms with van der Waals surface area (Å²) in [5, 5.41) is 0.468. The van der Waals surface area contributed by atoms with Crippen LogP contribution in [0.4, 0.5) is 0 Å². The van der Waals surface area contributed by atoms with Crippen LogP contribution < -0.4 is 0 Å². The zero-order valence-electron chi connectivity index (χ0n) is 14.0. The quantitative estimate of drug-likeness (QED) is 0.624. The van der Waals surface area contributed by atoms with E-state index in [1.165, 1.54) is 12.4 Å². The average Bonchev–Trinajstić information content (AvgIpc) is 2.83. The Bertz CT molecular complexity index is 874. The molecule has 1 aromatic heterocycles. The van der Waals surface area contributed by atoms with Gasteiger partial charge in [0.1, 0.15) is 11.7 Å². The highest BCUT2D eigenvalue weighted by Gasteiger charge is 2.42. The zero-order valence-corrected chi connectivity index (χ0v) is 14.8. The molecular formula is C20H17ClN2O2. The third kappa shape index (κ3) is 3.20. The van der Waals surface area contributed by atoms with Crippen molar-refractivity contribution in [3.63, 3.8) is 0 Å². The maximum Gasteiger partial charge on any atom is 0.159 e. The smallest absolute Gasteiger partial charge is 0.159 e. The van der Waals surface area contributed by atoms with E-state index in [2.05, 4.69) is 15.9 Å². The fraction of sp³-hybridized carbons (Fsp3) is 0.300. The topological polar surface area (TPSA) is 59.9 Å². The molecule has 2 aromatic rings. The summed E-state index contributed by atoms with van der Waals surface area (Å²) in [6, 6.07) is 3.81. The van der Waals surface area contributed by atoms with Crippen LogP contribution >= 0.6 is 11.6 Å². The summed E-state index contributed by atoms with van der Waals surface area (Å²) in [7, 11) is 0. The Morgan fingerprint density at radius 2 is 1.80 bits per heavy atom. The van der Waals surface area contributed by atoms with Crippen LogP contribution in [0.3, 0.4) is 0 Å². The van der Waals surface area contributed by atoms with Crippen molar-refractivity contribution in [2.75, 3.05) is 0 Å². The van der Waals surface area contributed by atoms with Crippen LogP contribution in [0.15, 0.2) is 24.5 Å². The second-order valence-electron chi connectivity index (χ2n) is 6.36. The molecule has 126 valence electrons. The van der Waals surface area contributed by atoms with E-state index in [1.807, 2.05) is 26.0 Å². The summed E-state index contributed by atoms with van der Waals surface area (Å²) in [6.07, 6.45) is 8.94. The fourth-order valence-corrected chi connectivity index (χ4v) is 3.59. The lowest BCUT2D eigenvalue weighted by Gasteiger charge is -2.16. The summed E-state index contributed by atoms with van der Waals surface area (Å²) < 4.78 is 0. The molecule has 0 amide bonds. The first kappa shape index (κ1) is 17.3. The Morgan fingerprint density at radius 1 is 1.20 bits per heavy atom. The Labute approximate surface area is 151 Å². The predicted octanol–water partition coefficient (Wildman–Crippen LogP) is 3.68. The van der Waals surface area contributed by atoms with Crippen molar-refractivity contribution in [2.24, 2.45) is 5.92 Å². The van der Waals surface area contributed by atoms with Crippen LogP contribution in [0.1, 0.15) is 35.4 Å². The van der Waals surface area contributed by atoms with Crippen LogP contribution in [0, 0.1) is 32.1 Å². The minimum Gasteiger partial charge on any atom is -0.298 e. The van der Waals surface area contributed by atoms with Gasteiger partial charge in [-0.3, -0.25) is 9.59 Å². The largest absolute Gasteiger partial charge is 0.298 e. The molecule has 1 aromatic carbocycles. The number of ketones is 2. The van der Waals surface area contributed by atoms with Gasteiger partial charge in [0.25, 0.3) is 0 Å². The monoisotopic (exact) mass is 352 g/mol. The number of hydrogen-bond acceptors (Lipinski definition) is 4. The number of terminal acetylenes is 1. The van der Waals surface area contributed by atoms with Gasteiger partial charge in [-0.05, 0) is 42.7 Å². The molecular weight excluding hydrogens is 336 g/mol. The molecule has 2 atom stereocenters. The van der Waals surface area contributed by atoms with Gasteiger partial charge < -0.3 is 0 Å². The Morgan fingerprint density at radius 3 is 2.36 bits per heavy atom. The summed E-state index contributed by atoms with van der Waals surface area (Å²) in [4.78, 5) is 33.5. The first-order valence-electron chi connectivity index (χ1n) is 8.01. The fourth-order valence-electron chi connectivity index (χ4n) is 3.49. The van der Waals surface area contributed by atoms with Gasteiger partial charge in [-0.1, -0.05) is 11.6 Å². The first-order valence-corrected chi connectivity index (χ1v) is 8.39. The molecule has 2 unspecified atom stereocenters. The van der Waals surface area contributed by atoms with Crippen molar-refractivity contribution < 1.29 is 9.59 Å². The highest BCUT2D eigenvalue weighted by Crippen LogP contribution is 2.38. The summed E-state index contributed by atoms with van der Waals surface area (Å²) in [5.41, 5.74) is 3.36. The highest BCUT2D eigenvalue weighted by atomic mass is 35.5. The second kappa shape index (κ2) is 6.78. The molecule has 0 radical (unpaired) electrons. The first-order chi connectivity index (χ1) is 11.9. The van der Waals surface area contributed by atoms with Crippen LogP contribution in [0.25, 0.3) is 11.4 Å². The molecule has 0 aliphatic heterocycles. The van der Waals surface area contributed by atoms with E-state index < -0.39 is 5.92 Å². The van der Waals surface area contributed by atoms with E-state index in [-0.39, 0.29) is 23.9 Å². The van der Waals surface area contributed by atoms with Gasteiger partial charge in [0.15, 0.2) is 11.6 Å². The van der Waals surface area contributed by atoms with E-state index in [9.17, 15) is 9.59 Å². The maximum absolute atomic E-state index is 12.6. The van der Waals surface area contributed by atoms with Gasteiger partial charge in [0, 0.05) is 36.7 Å². The molecule has 5 heteroatoms. The third-order valence-electron chi connectivity index (χ3n) is 4.58. The second-order valence-corrected chi connectivity index (χ2v) is 6.80. The number of halogens is 1. The normalized spacial score (nSPS) is 19.9. The van der Waals surface area contributed by atoms with Crippen LogP contribution in [-0.4, -0.2) is 21.5 Å². The molecule has 1 fully saturated rings. The zero-order chi connectivity index (χ0) is 18.1. The predicted molar refractivity (Wildman–Crippen MR) is 96.3 cm³/mol. The third-order valence-corrected chi connectivity index (χ3v) is 4.78. The lowest BCUT2D eigenvalue weighted by molar-refractivity contribution is -0.124. The number of aromatic nitrogens is 2. The molecule has 4 nitrogen and oxygen atoms in total. The lowest BCUT2D eigenvalue weighted by Crippen LogP contribution is -2.17. The molecule has 1 saturated carbocycles. The summed E-state index contributed by atoms with van der Waals surface area (Å²) in [6.45, 7) is 3.80. The number of carbonyl (C=O) groups is 2. The van der Waals surface area contributed by atoms with Crippen LogP contribution in [0.5, 0.6) is 0 Å². The molecule has 0 bridgehead atoms. The van der Waals surface area contributed by atoms with Gasteiger partial charge in [-0.15, -0.1) is 12.3 Å². The molecule has 1 aliphatic carbocycles. The Kier molecular flexibility index (Phi) is 4.69. The number of hydrogen-bond donors (Lipinski definition) is 0. The van der Waals surface area contributed by atoms with Gasteiger partial charge in [0.2, 0.25) is 0 Å². The summed E-state index contributed by atoms with van der Waals surface area (Å²) in [5.74, 6) is 1.86. The van der Waals surface area contributed by atoms with Gasteiger partial charge in [-0.2, -0.15) is 0 Å². The van der Waals surface area contributed by atoms with E-state index in [0.717, 1.165) is 22.3 Å². The number of carbonyl (C=O) groups excluding carboxylic acids is 2. The van der Waals surface area contributed by atoms with Crippen molar-refractivity contribution in [3.8, 4) is 23.7 Å². The van der Waals surface area contributed by atoms with Crippen molar-refractivity contribution in [1.82, 2.24) is 9.97 Å².